The quantitative estimate of drug-likeness (QED) is 0.449. The largest absolute Gasteiger partial charge is 0.373 e. The molecule has 0 spiro atoms. The summed E-state index contributed by atoms with van der Waals surface area (Å²) in [4.78, 5) is 13.1. The monoisotopic (exact) mass is 442 g/mol. The van der Waals surface area contributed by atoms with Crippen molar-refractivity contribution in [3.8, 4) is 23.3 Å². The van der Waals surface area contributed by atoms with E-state index in [1.54, 1.807) is 66.7 Å². The highest BCUT2D eigenvalue weighted by Crippen LogP contribution is 2.38. The fourth-order valence-electron chi connectivity index (χ4n) is 4.28. The van der Waals surface area contributed by atoms with Gasteiger partial charge in [0.15, 0.2) is 5.60 Å². The number of hydrogen-bond donors (Lipinski definition) is 1. The van der Waals surface area contributed by atoms with Gasteiger partial charge in [-0.05, 0) is 35.4 Å². The highest BCUT2D eigenvalue weighted by atomic mass is 16.3. The van der Waals surface area contributed by atoms with Crippen molar-refractivity contribution >= 4 is 10.9 Å². The lowest BCUT2D eigenvalue weighted by Crippen LogP contribution is -2.32. The number of hydrogen-bond acceptors (Lipinski definition) is 6. The predicted octanol–water partition coefficient (Wildman–Crippen LogP) is 4.06. The second-order valence-corrected chi connectivity index (χ2v) is 7.85. The van der Waals surface area contributed by atoms with Crippen LogP contribution in [0.25, 0.3) is 22.0 Å². The van der Waals surface area contributed by atoms with Crippen LogP contribution in [-0.2, 0) is 12.6 Å². The Morgan fingerprint density at radius 3 is 2.41 bits per heavy atom. The van der Waals surface area contributed by atoms with E-state index in [1.807, 2.05) is 30.3 Å². The van der Waals surface area contributed by atoms with Crippen LogP contribution >= 0.6 is 0 Å². The number of aromatic nitrogens is 4. The number of nitriles is 2. The van der Waals surface area contributed by atoms with Crippen LogP contribution in [0.2, 0.25) is 0 Å². The van der Waals surface area contributed by atoms with E-state index < -0.39 is 5.60 Å². The van der Waals surface area contributed by atoms with Crippen LogP contribution in [0.15, 0.2) is 85.5 Å². The highest BCUT2D eigenvalue weighted by molar-refractivity contribution is 5.94. The summed E-state index contributed by atoms with van der Waals surface area (Å²) in [7, 11) is 1.80. The van der Waals surface area contributed by atoms with Crippen molar-refractivity contribution in [1.29, 1.82) is 10.5 Å². The number of benzene rings is 2. The SMILES string of the molecule is Cn1cncc1C(O)(c1ccc2nc(C#N)c(-c3ccccc3)c(C#N)c2c1)c1ccccn1. The Hall–Kier alpha value is -4.85. The molecule has 3 aromatic heterocycles. The first-order valence-corrected chi connectivity index (χ1v) is 10.5. The van der Waals surface area contributed by atoms with Gasteiger partial charge < -0.3 is 9.67 Å². The minimum Gasteiger partial charge on any atom is -0.373 e. The molecule has 7 nitrogen and oxygen atoms in total. The Morgan fingerprint density at radius 1 is 0.971 bits per heavy atom. The number of aryl methyl sites for hydroxylation is 1. The molecule has 0 saturated carbocycles. The Balaban J connectivity index is 1.84. The van der Waals surface area contributed by atoms with Crippen LogP contribution < -0.4 is 0 Å². The summed E-state index contributed by atoms with van der Waals surface area (Å²) >= 11 is 0. The van der Waals surface area contributed by atoms with E-state index in [0.29, 0.717) is 39.0 Å². The van der Waals surface area contributed by atoms with Gasteiger partial charge in [-0.25, -0.2) is 9.97 Å². The van der Waals surface area contributed by atoms with Gasteiger partial charge in [-0.15, -0.1) is 0 Å². The molecule has 7 heteroatoms. The lowest BCUT2D eigenvalue weighted by Gasteiger charge is -2.29. The van der Waals surface area contributed by atoms with Crippen LogP contribution in [0, 0.1) is 22.7 Å². The maximum absolute atomic E-state index is 12.1. The molecule has 0 aliphatic rings. The molecule has 0 saturated heterocycles. The Labute approximate surface area is 195 Å². The van der Waals surface area contributed by atoms with Gasteiger partial charge in [-0.2, -0.15) is 10.5 Å². The van der Waals surface area contributed by atoms with Gasteiger partial charge in [0.2, 0.25) is 0 Å². The average Bonchev–Trinajstić information content (AvgIpc) is 3.34. The number of pyridine rings is 2. The van der Waals surface area contributed by atoms with Crippen LogP contribution in [0.1, 0.15) is 28.2 Å². The molecule has 2 aromatic carbocycles. The smallest absolute Gasteiger partial charge is 0.173 e. The summed E-state index contributed by atoms with van der Waals surface area (Å²) in [5.41, 5.74) is 2.00. The van der Waals surface area contributed by atoms with Gasteiger partial charge in [0.1, 0.15) is 17.8 Å². The van der Waals surface area contributed by atoms with Crippen molar-refractivity contribution in [2.24, 2.45) is 7.05 Å². The molecule has 162 valence electrons. The summed E-state index contributed by atoms with van der Waals surface area (Å²) < 4.78 is 1.73. The topological polar surface area (TPSA) is 111 Å². The molecular formula is C27H18N6O. The van der Waals surface area contributed by atoms with Crippen LogP contribution in [0.4, 0.5) is 0 Å². The van der Waals surface area contributed by atoms with Crippen molar-refractivity contribution in [3.05, 3.63) is 114 Å². The Bertz CT molecular complexity index is 1600. The molecule has 0 aliphatic carbocycles. The van der Waals surface area contributed by atoms with Crippen molar-refractivity contribution in [1.82, 2.24) is 19.5 Å². The van der Waals surface area contributed by atoms with Crippen molar-refractivity contribution in [3.63, 3.8) is 0 Å². The van der Waals surface area contributed by atoms with Gasteiger partial charge in [-0.1, -0.05) is 42.5 Å². The summed E-state index contributed by atoms with van der Waals surface area (Å²) in [5, 5.41) is 32.6. The second-order valence-electron chi connectivity index (χ2n) is 7.85. The fourth-order valence-corrected chi connectivity index (χ4v) is 4.28. The molecule has 3 heterocycles. The van der Waals surface area contributed by atoms with Crippen molar-refractivity contribution in [2.45, 2.75) is 5.60 Å². The molecule has 1 N–H and O–H groups in total. The van der Waals surface area contributed by atoms with Gasteiger partial charge in [-0.3, -0.25) is 4.98 Å². The Kier molecular flexibility index (Phi) is 5.10. The molecule has 34 heavy (non-hydrogen) atoms. The number of aliphatic hydroxyl groups is 1. The van der Waals surface area contributed by atoms with E-state index in [9.17, 15) is 15.6 Å². The maximum atomic E-state index is 12.1. The third kappa shape index (κ3) is 3.20. The van der Waals surface area contributed by atoms with E-state index in [4.69, 9.17) is 0 Å². The van der Waals surface area contributed by atoms with E-state index >= 15 is 0 Å². The summed E-state index contributed by atoms with van der Waals surface area (Å²) in [6.07, 6.45) is 4.82. The van der Waals surface area contributed by atoms with Gasteiger partial charge in [0.25, 0.3) is 0 Å². The van der Waals surface area contributed by atoms with E-state index in [1.165, 1.54) is 0 Å². The van der Waals surface area contributed by atoms with Crippen molar-refractivity contribution in [2.75, 3.05) is 0 Å². The highest BCUT2D eigenvalue weighted by Gasteiger charge is 2.38. The lowest BCUT2D eigenvalue weighted by molar-refractivity contribution is 0.113. The van der Waals surface area contributed by atoms with Crippen LogP contribution in [-0.4, -0.2) is 24.6 Å². The fraction of sp³-hybridized carbons (Fsp3) is 0.0741. The van der Waals surface area contributed by atoms with E-state index in [-0.39, 0.29) is 5.69 Å². The zero-order valence-electron chi connectivity index (χ0n) is 18.2. The number of rotatable bonds is 4. The zero-order valence-corrected chi connectivity index (χ0v) is 18.2. The Morgan fingerprint density at radius 2 is 1.76 bits per heavy atom. The van der Waals surface area contributed by atoms with Gasteiger partial charge >= 0.3 is 0 Å². The van der Waals surface area contributed by atoms with Gasteiger partial charge in [0.05, 0.1) is 35.0 Å². The first-order chi connectivity index (χ1) is 16.6. The molecule has 0 amide bonds. The third-order valence-electron chi connectivity index (χ3n) is 5.91. The number of imidazole rings is 1. The minimum absolute atomic E-state index is 0.176. The number of fused-ring (bicyclic) bond motifs is 1. The van der Waals surface area contributed by atoms with Crippen LogP contribution in [0.5, 0.6) is 0 Å². The van der Waals surface area contributed by atoms with Crippen molar-refractivity contribution < 1.29 is 5.11 Å². The third-order valence-corrected chi connectivity index (χ3v) is 5.91. The molecular weight excluding hydrogens is 424 g/mol. The summed E-state index contributed by atoms with van der Waals surface area (Å²) in [6, 6.07) is 24.2. The molecule has 0 radical (unpaired) electrons. The predicted molar refractivity (Wildman–Crippen MR) is 126 cm³/mol. The molecule has 0 bridgehead atoms. The standard InChI is InChI=1S/C27H18N6O/c1-33-17-30-16-25(33)27(34,24-9-5-6-12-31-24)19-10-11-22-20(13-19)21(14-28)26(23(15-29)32-22)18-7-3-2-4-8-18/h2-13,16-17,34H,1H3. The maximum Gasteiger partial charge on any atom is 0.173 e. The van der Waals surface area contributed by atoms with Crippen LogP contribution in [0.3, 0.4) is 0 Å². The second kappa shape index (κ2) is 8.25. The lowest BCUT2D eigenvalue weighted by atomic mass is 9.85. The van der Waals surface area contributed by atoms with E-state index in [0.717, 1.165) is 5.56 Å². The zero-order chi connectivity index (χ0) is 23.7. The minimum atomic E-state index is -1.63. The molecule has 0 fully saturated rings. The first-order valence-electron chi connectivity index (χ1n) is 10.5. The first kappa shape index (κ1) is 21.0. The molecule has 1 atom stereocenters. The average molecular weight is 442 g/mol. The number of nitrogens with zero attached hydrogens (tertiary/aromatic N) is 6. The molecule has 5 rings (SSSR count). The molecule has 5 aromatic rings. The molecule has 1 unspecified atom stereocenters. The van der Waals surface area contributed by atoms with Gasteiger partial charge in [0, 0.05) is 24.2 Å². The summed E-state index contributed by atoms with van der Waals surface area (Å²) in [6.45, 7) is 0. The summed E-state index contributed by atoms with van der Waals surface area (Å²) in [5.74, 6) is 0. The molecule has 0 aliphatic heterocycles. The normalized spacial score (nSPS) is 12.6. The van der Waals surface area contributed by atoms with E-state index in [2.05, 4.69) is 27.1 Å².